The van der Waals surface area contributed by atoms with Crippen LogP contribution in [0.25, 0.3) is 0 Å². The molecule has 1 aromatic carbocycles. The van der Waals surface area contributed by atoms with Crippen LogP contribution in [0.1, 0.15) is 25.3 Å². The minimum Gasteiger partial charge on any atom is -0.478 e. The maximum atomic E-state index is 11.5. The molecule has 1 N–H and O–H groups in total. The lowest BCUT2D eigenvalue weighted by molar-refractivity contribution is -0.133. The van der Waals surface area contributed by atoms with Crippen molar-refractivity contribution in [3.63, 3.8) is 0 Å². The van der Waals surface area contributed by atoms with Gasteiger partial charge in [0.15, 0.2) is 0 Å². The fourth-order valence-electron chi connectivity index (χ4n) is 2.58. The Bertz CT molecular complexity index is 634. The van der Waals surface area contributed by atoms with Crippen molar-refractivity contribution in [1.82, 2.24) is 0 Å². The summed E-state index contributed by atoms with van der Waals surface area (Å²) in [5.41, 5.74) is 1.90. The van der Waals surface area contributed by atoms with Gasteiger partial charge < -0.3 is 9.90 Å². The van der Waals surface area contributed by atoms with Gasteiger partial charge >= 0.3 is 5.97 Å². The van der Waals surface area contributed by atoms with Gasteiger partial charge in [-0.25, -0.2) is 4.79 Å². The summed E-state index contributed by atoms with van der Waals surface area (Å²) in [5, 5.41) is 9.94. The van der Waals surface area contributed by atoms with Crippen LogP contribution in [0, 0.1) is 5.92 Å². The third kappa shape index (κ3) is 2.51. The van der Waals surface area contributed by atoms with E-state index in [1.165, 1.54) is 0 Å². The van der Waals surface area contributed by atoms with E-state index in [1.54, 1.807) is 38.1 Å². The van der Waals surface area contributed by atoms with Crippen LogP contribution in [-0.2, 0) is 9.59 Å². The van der Waals surface area contributed by atoms with Gasteiger partial charge in [-0.15, -0.1) is 0 Å². The lowest BCUT2D eigenvalue weighted by atomic mass is 9.76. The summed E-state index contributed by atoms with van der Waals surface area (Å²) in [6, 6.07) is 6.93. The largest absolute Gasteiger partial charge is 0.478 e. The van der Waals surface area contributed by atoms with Crippen molar-refractivity contribution >= 4 is 29.6 Å². The molecule has 0 aromatic heterocycles. The zero-order valence-electron chi connectivity index (χ0n) is 11.1. The van der Waals surface area contributed by atoms with Crippen LogP contribution in [-0.4, -0.2) is 23.1 Å². The van der Waals surface area contributed by atoms with Crippen molar-refractivity contribution in [3.05, 3.63) is 46.1 Å². The average molecular weight is 292 g/mol. The highest BCUT2D eigenvalue weighted by Gasteiger charge is 2.36. The van der Waals surface area contributed by atoms with E-state index in [0.717, 1.165) is 6.29 Å². The number of aldehydes is 1. The molecule has 4 nitrogen and oxygen atoms in total. The van der Waals surface area contributed by atoms with Crippen LogP contribution >= 0.6 is 11.6 Å². The molecule has 1 aliphatic rings. The summed E-state index contributed by atoms with van der Waals surface area (Å²) in [5.74, 6) is -2.19. The third-order valence-corrected chi connectivity index (χ3v) is 3.71. The standard InChI is InChI=1S/C15H14ClNO3/c1-8-12(7-18)14(10-4-3-5-11(16)6-10)13(15(19)20)9(2)17-8/h3-7,12,14H,1-2H3,(H,19,20). The molecule has 0 saturated carbocycles. The Morgan fingerprint density at radius 1 is 1.40 bits per heavy atom. The Hall–Kier alpha value is -1.94. The topological polar surface area (TPSA) is 66.7 Å². The van der Waals surface area contributed by atoms with Crippen molar-refractivity contribution < 1.29 is 14.7 Å². The van der Waals surface area contributed by atoms with Gasteiger partial charge in [0.05, 0.1) is 11.5 Å². The molecule has 104 valence electrons. The van der Waals surface area contributed by atoms with Crippen molar-refractivity contribution in [3.8, 4) is 0 Å². The first-order valence-electron chi connectivity index (χ1n) is 6.15. The summed E-state index contributed by atoms with van der Waals surface area (Å²) in [7, 11) is 0. The first kappa shape index (κ1) is 14.5. The molecular formula is C15H14ClNO3. The fourth-order valence-corrected chi connectivity index (χ4v) is 2.78. The molecule has 20 heavy (non-hydrogen) atoms. The molecule has 2 rings (SSSR count). The predicted octanol–water partition coefficient (Wildman–Crippen LogP) is 3.07. The van der Waals surface area contributed by atoms with E-state index in [2.05, 4.69) is 4.99 Å². The maximum absolute atomic E-state index is 11.5. The molecule has 1 aliphatic heterocycles. The molecule has 1 aromatic rings. The summed E-state index contributed by atoms with van der Waals surface area (Å²) >= 11 is 5.97. The van der Waals surface area contributed by atoms with Crippen LogP contribution in [0.2, 0.25) is 5.02 Å². The lowest BCUT2D eigenvalue weighted by Crippen LogP contribution is -2.30. The normalized spacial score (nSPS) is 22.4. The highest BCUT2D eigenvalue weighted by atomic mass is 35.5. The monoisotopic (exact) mass is 291 g/mol. The number of hydrogen-bond donors (Lipinski definition) is 1. The van der Waals surface area contributed by atoms with E-state index in [1.807, 2.05) is 0 Å². The number of benzene rings is 1. The fraction of sp³-hybridized carbons (Fsp3) is 0.267. The molecule has 0 aliphatic carbocycles. The number of nitrogens with zero attached hydrogens (tertiary/aromatic N) is 1. The van der Waals surface area contributed by atoms with Crippen LogP contribution < -0.4 is 0 Å². The van der Waals surface area contributed by atoms with Crippen molar-refractivity contribution in [1.29, 1.82) is 0 Å². The molecule has 0 radical (unpaired) electrons. The van der Waals surface area contributed by atoms with Gasteiger partial charge in [-0.1, -0.05) is 23.7 Å². The van der Waals surface area contributed by atoms with Gasteiger partial charge in [-0.2, -0.15) is 0 Å². The van der Waals surface area contributed by atoms with Crippen LogP contribution in [0.3, 0.4) is 0 Å². The molecule has 5 heteroatoms. The molecule has 0 spiro atoms. The molecule has 0 fully saturated rings. The maximum Gasteiger partial charge on any atom is 0.334 e. The Kier molecular flexibility index (Phi) is 4.04. The van der Waals surface area contributed by atoms with Gasteiger partial charge in [-0.3, -0.25) is 4.99 Å². The predicted molar refractivity (Wildman–Crippen MR) is 77.2 cm³/mol. The van der Waals surface area contributed by atoms with E-state index in [-0.39, 0.29) is 5.57 Å². The number of carboxylic acid groups (broad SMARTS) is 1. The number of carboxylic acids is 1. The third-order valence-electron chi connectivity index (χ3n) is 3.47. The highest BCUT2D eigenvalue weighted by Crippen LogP contribution is 2.38. The smallest absolute Gasteiger partial charge is 0.334 e. The van der Waals surface area contributed by atoms with Crippen molar-refractivity contribution in [2.45, 2.75) is 19.8 Å². The zero-order valence-corrected chi connectivity index (χ0v) is 11.9. The number of rotatable bonds is 3. The highest BCUT2D eigenvalue weighted by molar-refractivity contribution is 6.30. The summed E-state index contributed by atoms with van der Waals surface area (Å²) in [6.45, 7) is 3.38. The number of hydrogen-bond acceptors (Lipinski definition) is 3. The van der Waals surface area contributed by atoms with Crippen molar-refractivity contribution in [2.75, 3.05) is 0 Å². The Morgan fingerprint density at radius 2 is 2.10 bits per heavy atom. The first-order chi connectivity index (χ1) is 9.45. The molecule has 2 atom stereocenters. The van der Waals surface area contributed by atoms with Crippen LogP contribution in [0.15, 0.2) is 40.5 Å². The molecule has 0 bridgehead atoms. The summed E-state index contributed by atoms with van der Waals surface area (Å²) in [4.78, 5) is 27.1. The summed E-state index contributed by atoms with van der Waals surface area (Å²) in [6.07, 6.45) is 0.750. The van der Waals surface area contributed by atoms with Crippen molar-refractivity contribution in [2.24, 2.45) is 10.9 Å². The minimum atomic E-state index is -1.06. The molecule has 0 amide bonds. The number of carbonyl (C=O) groups is 2. The van der Waals surface area contributed by atoms with Gasteiger partial charge in [0.25, 0.3) is 0 Å². The van der Waals surface area contributed by atoms with E-state index in [4.69, 9.17) is 11.6 Å². The second-order valence-corrected chi connectivity index (χ2v) is 5.19. The Labute approximate surface area is 121 Å². The minimum absolute atomic E-state index is 0.148. The summed E-state index contributed by atoms with van der Waals surface area (Å²) < 4.78 is 0. The Morgan fingerprint density at radius 3 is 2.65 bits per heavy atom. The number of carbonyl (C=O) groups excluding carboxylic acids is 1. The first-order valence-corrected chi connectivity index (χ1v) is 6.53. The second-order valence-electron chi connectivity index (χ2n) is 4.75. The molecule has 0 saturated heterocycles. The zero-order chi connectivity index (χ0) is 14.9. The van der Waals surface area contributed by atoms with E-state index in [0.29, 0.717) is 22.0 Å². The molecule has 2 unspecified atom stereocenters. The number of halogens is 1. The second kappa shape index (κ2) is 5.59. The average Bonchev–Trinajstić information content (AvgIpc) is 2.37. The SMILES string of the molecule is CC1=NC(C)=C(C(=O)O)C(c2cccc(Cl)c2)C1C=O. The van der Waals surface area contributed by atoms with Gasteiger partial charge in [0.1, 0.15) is 6.29 Å². The van der Waals surface area contributed by atoms with Gasteiger partial charge in [-0.05, 0) is 31.5 Å². The molecule has 1 heterocycles. The number of aliphatic imine (C=N–C) groups is 1. The van der Waals surface area contributed by atoms with Crippen LogP contribution in [0.4, 0.5) is 0 Å². The van der Waals surface area contributed by atoms with E-state index in [9.17, 15) is 14.7 Å². The Balaban J connectivity index is 2.64. The van der Waals surface area contributed by atoms with Crippen LogP contribution in [0.5, 0.6) is 0 Å². The van der Waals surface area contributed by atoms with E-state index >= 15 is 0 Å². The van der Waals surface area contributed by atoms with Gasteiger partial charge in [0.2, 0.25) is 0 Å². The molecular weight excluding hydrogens is 278 g/mol. The number of aliphatic carboxylic acids is 1. The lowest BCUT2D eigenvalue weighted by Gasteiger charge is -2.29. The van der Waals surface area contributed by atoms with Gasteiger partial charge in [0, 0.05) is 22.3 Å². The van der Waals surface area contributed by atoms with E-state index < -0.39 is 17.8 Å². The quantitative estimate of drug-likeness (QED) is 0.870. The number of allylic oxidation sites excluding steroid dienone is 1.